The average Bonchev–Trinajstić information content (AvgIpc) is 3.11. The van der Waals surface area contributed by atoms with E-state index in [1.807, 2.05) is 65.6 Å². The fourth-order valence-corrected chi connectivity index (χ4v) is 4.29. The molecule has 31 heavy (non-hydrogen) atoms. The van der Waals surface area contributed by atoms with Crippen LogP contribution in [0.1, 0.15) is 16.7 Å². The van der Waals surface area contributed by atoms with Gasteiger partial charge in [-0.05, 0) is 35.4 Å². The summed E-state index contributed by atoms with van der Waals surface area (Å²) in [5, 5.41) is 9.66. The number of aliphatic imine (C=N–C) groups is 1. The first-order valence-corrected chi connectivity index (χ1v) is 10.6. The molecule has 0 saturated carbocycles. The predicted molar refractivity (Wildman–Crippen MR) is 120 cm³/mol. The maximum Gasteiger partial charge on any atom is 0.253 e. The number of hydrogen-bond donors (Lipinski definition) is 2. The molecule has 0 fully saturated rings. The van der Waals surface area contributed by atoms with Crippen molar-refractivity contribution in [2.75, 3.05) is 6.54 Å². The smallest absolute Gasteiger partial charge is 0.253 e. The molecule has 3 aromatic rings. The number of nitrogens with one attached hydrogen (secondary N) is 1. The normalized spacial score (nSPS) is 20.3. The van der Waals surface area contributed by atoms with Gasteiger partial charge in [-0.2, -0.15) is 0 Å². The molecule has 0 spiro atoms. The Morgan fingerprint density at radius 2 is 1.48 bits per heavy atom. The van der Waals surface area contributed by atoms with Crippen LogP contribution in [-0.2, 0) is 17.6 Å². The van der Waals surface area contributed by atoms with Gasteiger partial charge in [0, 0.05) is 18.4 Å². The van der Waals surface area contributed by atoms with Gasteiger partial charge in [-0.25, -0.2) is 4.99 Å². The van der Waals surface area contributed by atoms with Crippen LogP contribution in [0.2, 0.25) is 0 Å². The number of benzene rings is 3. The molecule has 5 nitrogen and oxygen atoms in total. The number of hydrogen-bond acceptors (Lipinski definition) is 3. The zero-order chi connectivity index (χ0) is 21.2. The summed E-state index contributed by atoms with van der Waals surface area (Å²) in [4.78, 5) is 23.6. The molecular weight excluding hydrogens is 386 g/mol. The van der Waals surface area contributed by atoms with Crippen LogP contribution in [0, 0.1) is 0 Å². The molecule has 5 rings (SSSR count). The molecule has 2 aliphatic heterocycles. The number of rotatable bonds is 5. The van der Waals surface area contributed by atoms with Crippen LogP contribution in [0.25, 0.3) is 0 Å². The van der Waals surface area contributed by atoms with Crippen LogP contribution >= 0.6 is 0 Å². The Kier molecular flexibility index (Phi) is 5.08. The van der Waals surface area contributed by atoms with E-state index < -0.39 is 6.04 Å². The zero-order valence-corrected chi connectivity index (χ0v) is 17.1. The molecule has 0 aromatic heterocycles. The van der Waals surface area contributed by atoms with Crippen LogP contribution in [0.3, 0.4) is 0 Å². The summed E-state index contributed by atoms with van der Waals surface area (Å²) in [6.45, 7) is 0.457. The second kappa shape index (κ2) is 8.19. The molecule has 2 aliphatic rings. The third kappa shape index (κ3) is 3.99. The molecule has 154 valence electrons. The van der Waals surface area contributed by atoms with Crippen molar-refractivity contribution >= 4 is 17.5 Å². The number of nitrogens with zero attached hydrogens (tertiary/aromatic N) is 2. The maximum absolute atomic E-state index is 13.3. The van der Waals surface area contributed by atoms with Crippen molar-refractivity contribution in [1.29, 1.82) is 0 Å². The highest BCUT2D eigenvalue weighted by molar-refractivity contribution is 6.13. The van der Waals surface area contributed by atoms with Gasteiger partial charge in [-0.15, -0.1) is 0 Å². The van der Waals surface area contributed by atoms with Gasteiger partial charge in [0.1, 0.15) is 18.3 Å². The third-order valence-corrected chi connectivity index (χ3v) is 5.86. The lowest BCUT2D eigenvalue weighted by Crippen LogP contribution is -2.88. The van der Waals surface area contributed by atoms with E-state index in [0.29, 0.717) is 13.0 Å². The number of carbonyl (C=O) groups is 1. The van der Waals surface area contributed by atoms with E-state index in [0.717, 1.165) is 29.1 Å². The summed E-state index contributed by atoms with van der Waals surface area (Å²) < 4.78 is 0. The predicted octanol–water partition coefficient (Wildman–Crippen LogP) is 1.74. The highest BCUT2D eigenvalue weighted by atomic mass is 16.3. The van der Waals surface area contributed by atoms with Crippen molar-refractivity contribution < 1.29 is 14.9 Å². The fourth-order valence-electron chi connectivity index (χ4n) is 4.29. The fraction of sp³-hybridized carbons (Fsp3) is 0.192. The van der Waals surface area contributed by atoms with Gasteiger partial charge in [-0.3, -0.25) is 14.7 Å². The largest absolute Gasteiger partial charge is 0.508 e. The Morgan fingerprint density at radius 1 is 0.871 bits per heavy atom. The van der Waals surface area contributed by atoms with E-state index in [2.05, 4.69) is 17.1 Å². The number of fused-ring (bicyclic) bond motifs is 1. The molecule has 0 aliphatic carbocycles. The minimum Gasteiger partial charge on any atom is -0.508 e. The van der Waals surface area contributed by atoms with Gasteiger partial charge >= 0.3 is 0 Å². The molecule has 2 N–H and O–H groups in total. The molecule has 2 heterocycles. The SMILES string of the molecule is O=C1C(Cc2ccccc2)N=C2C(Cc3ccccc3)[NH+]=C(c3ccc(O)cc3)CN12. The first-order chi connectivity index (χ1) is 15.2. The zero-order valence-electron chi connectivity index (χ0n) is 17.1. The molecule has 5 heteroatoms. The number of amides is 1. The average molecular weight is 410 g/mol. The van der Waals surface area contributed by atoms with Crippen molar-refractivity contribution in [2.45, 2.75) is 24.9 Å². The van der Waals surface area contributed by atoms with Crippen molar-refractivity contribution in [3.63, 3.8) is 0 Å². The van der Waals surface area contributed by atoms with Crippen molar-refractivity contribution in [3.05, 3.63) is 102 Å². The van der Waals surface area contributed by atoms with E-state index in [-0.39, 0.29) is 17.7 Å². The monoisotopic (exact) mass is 410 g/mol. The van der Waals surface area contributed by atoms with Gasteiger partial charge in [0.2, 0.25) is 11.8 Å². The van der Waals surface area contributed by atoms with E-state index in [1.165, 1.54) is 5.56 Å². The lowest BCUT2D eigenvalue weighted by atomic mass is 10.0. The molecule has 0 bridgehead atoms. The second-order valence-corrected chi connectivity index (χ2v) is 8.03. The van der Waals surface area contributed by atoms with Crippen molar-refractivity contribution in [3.8, 4) is 5.75 Å². The Balaban J connectivity index is 1.48. The summed E-state index contributed by atoms with van der Waals surface area (Å²) in [5.74, 6) is 1.09. The summed E-state index contributed by atoms with van der Waals surface area (Å²) in [5.41, 5.74) is 4.23. The first kappa shape index (κ1) is 19.2. The highest BCUT2D eigenvalue weighted by Crippen LogP contribution is 2.21. The number of carbonyl (C=O) groups excluding carboxylic acids is 1. The Bertz CT molecular complexity index is 1140. The van der Waals surface area contributed by atoms with E-state index in [1.54, 1.807) is 12.1 Å². The number of phenols is 1. The molecule has 3 aromatic carbocycles. The summed E-state index contributed by atoms with van der Waals surface area (Å²) in [6.07, 6.45) is 1.34. The molecule has 0 radical (unpaired) electrons. The van der Waals surface area contributed by atoms with Gasteiger partial charge in [-0.1, -0.05) is 60.7 Å². The molecule has 2 atom stereocenters. The summed E-state index contributed by atoms with van der Waals surface area (Å²) in [7, 11) is 0. The lowest BCUT2D eigenvalue weighted by Gasteiger charge is -2.25. The van der Waals surface area contributed by atoms with Crippen LogP contribution in [-0.4, -0.2) is 46.1 Å². The topological polar surface area (TPSA) is 66.9 Å². The standard InChI is InChI=1S/C26H23N3O2/c30-21-13-11-20(12-14-21)24-17-29-25(22(27-24)15-18-7-3-1-4-8-18)28-23(26(29)31)16-19-9-5-2-6-10-19/h1-14,22-23,30H,15-17H2/p+1. The Hall–Kier alpha value is -3.73. The lowest BCUT2D eigenvalue weighted by molar-refractivity contribution is -0.486. The minimum absolute atomic E-state index is 0.0506. The van der Waals surface area contributed by atoms with Gasteiger partial charge in [0.15, 0.2) is 5.84 Å². The van der Waals surface area contributed by atoms with E-state index in [9.17, 15) is 9.90 Å². The second-order valence-electron chi connectivity index (χ2n) is 8.03. The first-order valence-electron chi connectivity index (χ1n) is 10.6. The van der Waals surface area contributed by atoms with Gasteiger partial charge in [0.25, 0.3) is 5.91 Å². The van der Waals surface area contributed by atoms with E-state index in [4.69, 9.17) is 4.99 Å². The summed E-state index contributed by atoms with van der Waals surface area (Å²) in [6, 6.07) is 26.9. The molecule has 0 saturated heterocycles. The van der Waals surface area contributed by atoms with Crippen molar-refractivity contribution in [1.82, 2.24) is 4.90 Å². The third-order valence-electron chi connectivity index (χ3n) is 5.86. The summed E-state index contributed by atoms with van der Waals surface area (Å²) >= 11 is 0. The van der Waals surface area contributed by atoms with E-state index >= 15 is 0 Å². The maximum atomic E-state index is 13.3. The van der Waals surface area contributed by atoms with Crippen molar-refractivity contribution in [2.24, 2.45) is 4.99 Å². The van der Waals surface area contributed by atoms with Crippen LogP contribution in [0.4, 0.5) is 0 Å². The highest BCUT2D eigenvalue weighted by Gasteiger charge is 2.44. The molecule has 2 unspecified atom stereocenters. The van der Waals surface area contributed by atoms with Crippen LogP contribution in [0.5, 0.6) is 5.75 Å². The number of phenolic OH excluding ortho intramolecular Hbond substituents is 1. The minimum atomic E-state index is -0.392. The van der Waals surface area contributed by atoms with Crippen LogP contribution in [0.15, 0.2) is 89.9 Å². The van der Waals surface area contributed by atoms with Gasteiger partial charge < -0.3 is 5.11 Å². The van der Waals surface area contributed by atoms with Gasteiger partial charge in [0.05, 0.1) is 0 Å². The molecular formula is C26H24N3O2+. The number of amidine groups is 1. The Morgan fingerprint density at radius 3 is 2.13 bits per heavy atom. The van der Waals surface area contributed by atoms with Crippen LogP contribution < -0.4 is 4.99 Å². The number of aromatic hydroxyl groups is 1. The quantitative estimate of drug-likeness (QED) is 0.673. The Labute approximate surface area is 181 Å². The molecule has 1 amide bonds.